The number of nitrogens with one attached hydrogen (secondary N) is 1. The maximum atomic E-state index is 10.4. The van der Waals surface area contributed by atoms with E-state index in [1.54, 1.807) is 0 Å². The molecule has 15 heavy (non-hydrogen) atoms. The molecule has 0 aromatic carbocycles. The molecule has 0 heterocycles. The van der Waals surface area contributed by atoms with Gasteiger partial charge < -0.3 is 5.32 Å². The van der Waals surface area contributed by atoms with Gasteiger partial charge in [-0.15, -0.1) is 0 Å². The minimum absolute atomic E-state index is 0.431. The van der Waals surface area contributed by atoms with Crippen LogP contribution in [0.5, 0.6) is 0 Å². The van der Waals surface area contributed by atoms with E-state index in [1.807, 2.05) is 0 Å². The zero-order chi connectivity index (χ0) is 10.7. The van der Waals surface area contributed by atoms with Gasteiger partial charge in [-0.25, -0.2) is 0 Å². The fourth-order valence-corrected chi connectivity index (χ4v) is 3.83. The predicted molar refractivity (Wildman–Crippen MR) is 61.5 cm³/mol. The van der Waals surface area contributed by atoms with E-state index in [4.69, 9.17) is 0 Å². The third-order valence-electron chi connectivity index (χ3n) is 4.77. The lowest BCUT2D eigenvalue weighted by Gasteiger charge is -2.27. The normalized spacial score (nSPS) is 39.8. The Hall–Kier alpha value is -0.530. The smallest absolute Gasteiger partial charge is 0.207 e. The third kappa shape index (κ3) is 2.19. The molecule has 0 aliphatic heterocycles. The average molecular weight is 209 g/mol. The minimum atomic E-state index is 0.431. The molecule has 0 spiro atoms. The molecule has 2 rings (SSSR count). The van der Waals surface area contributed by atoms with Crippen molar-refractivity contribution >= 4 is 6.41 Å². The van der Waals surface area contributed by atoms with Crippen LogP contribution in [-0.4, -0.2) is 13.0 Å². The van der Waals surface area contributed by atoms with Gasteiger partial charge >= 0.3 is 0 Å². The molecule has 2 saturated carbocycles. The van der Waals surface area contributed by atoms with E-state index in [1.165, 1.54) is 44.9 Å². The van der Waals surface area contributed by atoms with Crippen LogP contribution in [0.15, 0.2) is 0 Å². The molecule has 1 N–H and O–H groups in total. The first-order chi connectivity index (χ1) is 7.29. The molecule has 0 unspecified atom stereocenters. The highest BCUT2D eigenvalue weighted by Gasteiger charge is 2.44. The fourth-order valence-electron chi connectivity index (χ4n) is 3.83. The summed E-state index contributed by atoms with van der Waals surface area (Å²) in [5.41, 5.74) is 0.431. The van der Waals surface area contributed by atoms with Gasteiger partial charge in [-0.3, -0.25) is 4.79 Å². The molecule has 86 valence electrons. The highest BCUT2D eigenvalue weighted by Crippen LogP contribution is 2.52. The van der Waals surface area contributed by atoms with Crippen LogP contribution in [-0.2, 0) is 4.79 Å². The Kier molecular flexibility index (Phi) is 3.32. The van der Waals surface area contributed by atoms with Crippen LogP contribution in [0.3, 0.4) is 0 Å². The van der Waals surface area contributed by atoms with Crippen molar-refractivity contribution in [2.45, 2.75) is 51.9 Å². The molecule has 1 amide bonds. The summed E-state index contributed by atoms with van der Waals surface area (Å²) in [5.74, 6) is 1.93. The topological polar surface area (TPSA) is 29.1 Å². The van der Waals surface area contributed by atoms with E-state index >= 15 is 0 Å². The Bertz CT molecular complexity index is 213. The maximum Gasteiger partial charge on any atom is 0.207 e. The summed E-state index contributed by atoms with van der Waals surface area (Å²) in [7, 11) is 0. The van der Waals surface area contributed by atoms with Crippen LogP contribution < -0.4 is 5.32 Å². The molecule has 2 aliphatic carbocycles. The summed E-state index contributed by atoms with van der Waals surface area (Å²) in [6.45, 7) is 3.18. The van der Waals surface area contributed by atoms with Crippen LogP contribution in [0.4, 0.5) is 0 Å². The zero-order valence-electron chi connectivity index (χ0n) is 9.80. The number of hydrogen-bond acceptors (Lipinski definition) is 1. The van der Waals surface area contributed by atoms with Gasteiger partial charge in [0.15, 0.2) is 0 Å². The van der Waals surface area contributed by atoms with E-state index in [0.717, 1.165) is 24.8 Å². The van der Waals surface area contributed by atoms with Gasteiger partial charge in [-0.2, -0.15) is 0 Å². The summed E-state index contributed by atoms with van der Waals surface area (Å²) >= 11 is 0. The van der Waals surface area contributed by atoms with Crippen LogP contribution in [0.1, 0.15) is 51.9 Å². The monoisotopic (exact) mass is 209 g/mol. The van der Waals surface area contributed by atoms with Crippen molar-refractivity contribution in [3.63, 3.8) is 0 Å². The second-order valence-electron chi connectivity index (χ2n) is 5.57. The van der Waals surface area contributed by atoms with E-state index in [9.17, 15) is 4.79 Å². The summed E-state index contributed by atoms with van der Waals surface area (Å²) in [6, 6.07) is 0. The molecule has 2 fully saturated rings. The van der Waals surface area contributed by atoms with Crippen LogP contribution in [0.25, 0.3) is 0 Å². The molecule has 2 heteroatoms. The predicted octanol–water partition coefficient (Wildman–Crippen LogP) is 2.73. The van der Waals surface area contributed by atoms with Crippen LogP contribution in [0, 0.1) is 17.3 Å². The second kappa shape index (κ2) is 4.54. The number of amides is 1. The van der Waals surface area contributed by atoms with Crippen molar-refractivity contribution < 1.29 is 4.79 Å². The Morgan fingerprint density at radius 3 is 2.33 bits per heavy atom. The van der Waals surface area contributed by atoms with Crippen molar-refractivity contribution in [3.05, 3.63) is 0 Å². The van der Waals surface area contributed by atoms with Gasteiger partial charge in [0.05, 0.1) is 0 Å². The average Bonchev–Trinajstić information content (AvgIpc) is 2.65. The highest BCUT2D eigenvalue weighted by molar-refractivity contribution is 5.46. The zero-order valence-corrected chi connectivity index (χ0v) is 9.80. The highest BCUT2D eigenvalue weighted by atomic mass is 16.1. The van der Waals surface area contributed by atoms with Crippen molar-refractivity contribution in [2.75, 3.05) is 6.54 Å². The lowest BCUT2D eigenvalue weighted by molar-refractivity contribution is -0.110. The molecule has 0 aromatic heterocycles. The summed E-state index contributed by atoms with van der Waals surface area (Å²) in [4.78, 5) is 10.4. The number of carbonyl (C=O) groups excluding carboxylic acids is 1. The van der Waals surface area contributed by atoms with Gasteiger partial charge in [0.2, 0.25) is 6.41 Å². The van der Waals surface area contributed by atoms with E-state index < -0.39 is 0 Å². The summed E-state index contributed by atoms with van der Waals surface area (Å²) in [6.07, 6.45) is 10.5. The quantitative estimate of drug-likeness (QED) is 0.709. The van der Waals surface area contributed by atoms with E-state index in [2.05, 4.69) is 12.2 Å². The lowest BCUT2D eigenvalue weighted by Crippen LogP contribution is -2.31. The first-order valence-electron chi connectivity index (χ1n) is 6.47. The van der Waals surface area contributed by atoms with Crippen molar-refractivity contribution in [1.29, 1.82) is 0 Å². The van der Waals surface area contributed by atoms with Gasteiger partial charge in [0.25, 0.3) is 0 Å². The maximum absolute atomic E-state index is 10.4. The largest absolute Gasteiger partial charge is 0.358 e. The molecule has 0 aromatic rings. The van der Waals surface area contributed by atoms with Gasteiger partial charge in [0, 0.05) is 6.54 Å². The lowest BCUT2D eigenvalue weighted by atomic mass is 9.82. The van der Waals surface area contributed by atoms with Crippen LogP contribution >= 0.6 is 0 Å². The molecule has 3 atom stereocenters. The first-order valence-corrected chi connectivity index (χ1v) is 6.47. The number of carbonyl (C=O) groups is 1. The van der Waals surface area contributed by atoms with Crippen molar-refractivity contribution in [2.24, 2.45) is 17.3 Å². The van der Waals surface area contributed by atoms with Crippen LogP contribution in [0.2, 0.25) is 0 Å². The Morgan fingerprint density at radius 1 is 1.27 bits per heavy atom. The summed E-state index contributed by atoms with van der Waals surface area (Å²) < 4.78 is 0. The van der Waals surface area contributed by atoms with E-state index in [-0.39, 0.29) is 0 Å². The fraction of sp³-hybridized carbons (Fsp3) is 0.923. The van der Waals surface area contributed by atoms with Gasteiger partial charge in [0.1, 0.15) is 0 Å². The van der Waals surface area contributed by atoms with E-state index in [0.29, 0.717) is 5.41 Å². The third-order valence-corrected chi connectivity index (χ3v) is 4.77. The van der Waals surface area contributed by atoms with Crippen molar-refractivity contribution in [3.8, 4) is 0 Å². The minimum Gasteiger partial charge on any atom is -0.358 e. The molecule has 2 nitrogen and oxygen atoms in total. The SMILES string of the molecule is CC[C@]1(CNC=O)C[C@H]2CCCC[C@H]2C1. The Balaban J connectivity index is 1.99. The number of hydrogen-bond donors (Lipinski definition) is 1. The standard InChI is InChI=1S/C13H23NO/c1-2-13(9-14-10-15)7-11-5-3-4-6-12(11)8-13/h10-12H,2-9H2,1H3,(H,14,15)/t11-,12+,13+. The summed E-state index contributed by atoms with van der Waals surface area (Å²) in [5, 5.41) is 2.91. The molecular weight excluding hydrogens is 186 g/mol. The second-order valence-corrected chi connectivity index (χ2v) is 5.57. The molecular formula is C13H23NO. The molecule has 2 aliphatic rings. The number of rotatable bonds is 4. The molecule has 0 saturated heterocycles. The Labute approximate surface area is 92.8 Å². The van der Waals surface area contributed by atoms with Crippen molar-refractivity contribution in [1.82, 2.24) is 5.32 Å². The molecule has 0 bridgehead atoms. The number of fused-ring (bicyclic) bond motifs is 1. The Morgan fingerprint density at radius 2 is 1.87 bits per heavy atom. The molecule has 0 radical (unpaired) electrons. The first kappa shape index (κ1) is 11.0. The van der Waals surface area contributed by atoms with Gasteiger partial charge in [-0.05, 0) is 36.5 Å². The van der Waals surface area contributed by atoms with Gasteiger partial charge in [-0.1, -0.05) is 32.6 Å².